The van der Waals surface area contributed by atoms with E-state index in [1.54, 1.807) is 7.11 Å². The van der Waals surface area contributed by atoms with Crippen molar-refractivity contribution in [2.45, 2.75) is 6.42 Å². The number of hydrogen-bond donors (Lipinski definition) is 2. The number of H-pyrrole nitrogens is 1. The van der Waals surface area contributed by atoms with E-state index >= 15 is 0 Å². The molecule has 0 saturated carbocycles. The molecule has 0 amide bonds. The Kier molecular flexibility index (Phi) is 4.83. The zero-order valence-corrected chi connectivity index (χ0v) is 15.0. The van der Waals surface area contributed by atoms with Crippen LogP contribution in [0.3, 0.4) is 0 Å². The van der Waals surface area contributed by atoms with Gasteiger partial charge in [0.05, 0.1) is 36.0 Å². The summed E-state index contributed by atoms with van der Waals surface area (Å²) in [5, 5.41) is 4.65. The molecule has 0 aliphatic heterocycles. The molecule has 27 heavy (non-hydrogen) atoms. The van der Waals surface area contributed by atoms with Crippen LogP contribution in [0.2, 0.25) is 0 Å². The minimum Gasteiger partial charge on any atom is -0.497 e. The summed E-state index contributed by atoms with van der Waals surface area (Å²) >= 11 is 0. The van der Waals surface area contributed by atoms with Gasteiger partial charge in [0.15, 0.2) is 0 Å². The Balaban J connectivity index is 1.65. The van der Waals surface area contributed by atoms with Gasteiger partial charge in [-0.05, 0) is 54.1 Å². The van der Waals surface area contributed by atoms with Crippen molar-refractivity contribution in [1.29, 1.82) is 0 Å². The molecule has 0 aliphatic carbocycles. The van der Waals surface area contributed by atoms with Gasteiger partial charge in [-0.1, -0.05) is 30.3 Å². The molecule has 0 unspecified atom stereocenters. The summed E-state index contributed by atoms with van der Waals surface area (Å²) < 4.78 is 5.26. The molecule has 5 heteroatoms. The second-order valence-corrected chi connectivity index (χ2v) is 6.14. The molecule has 0 radical (unpaired) electrons. The number of fused-ring (bicyclic) bond motifs is 1. The van der Waals surface area contributed by atoms with E-state index in [4.69, 9.17) is 4.74 Å². The highest BCUT2D eigenvalue weighted by Crippen LogP contribution is 2.16. The van der Waals surface area contributed by atoms with Crippen molar-refractivity contribution < 1.29 is 4.74 Å². The van der Waals surface area contributed by atoms with Gasteiger partial charge in [-0.25, -0.2) is 4.98 Å². The largest absolute Gasteiger partial charge is 0.497 e. The van der Waals surface area contributed by atoms with Gasteiger partial charge < -0.3 is 9.72 Å². The zero-order valence-electron chi connectivity index (χ0n) is 15.0. The van der Waals surface area contributed by atoms with E-state index in [9.17, 15) is 0 Å². The first kappa shape index (κ1) is 16.8. The molecule has 3 aromatic carbocycles. The summed E-state index contributed by atoms with van der Waals surface area (Å²) in [5.74, 6) is 1.69. The van der Waals surface area contributed by atoms with Crippen LogP contribution in [0.5, 0.6) is 5.75 Å². The van der Waals surface area contributed by atoms with Crippen LogP contribution in [-0.4, -0.2) is 22.8 Å². The molecule has 0 spiro atoms. The quantitative estimate of drug-likeness (QED) is 0.391. The van der Waals surface area contributed by atoms with Crippen LogP contribution in [0.4, 0.5) is 5.69 Å². The van der Waals surface area contributed by atoms with Crippen molar-refractivity contribution in [3.63, 3.8) is 0 Å². The van der Waals surface area contributed by atoms with E-state index in [0.29, 0.717) is 6.42 Å². The minimum absolute atomic E-state index is 0.584. The van der Waals surface area contributed by atoms with Crippen LogP contribution in [-0.2, 0) is 6.42 Å². The van der Waals surface area contributed by atoms with Crippen molar-refractivity contribution in [2.24, 2.45) is 5.10 Å². The SMILES string of the molecule is COc1ccc(/C(Cc2nc3ccccc3[nH]2)=N/Nc2ccccc2)cc1. The molecule has 5 nitrogen and oxygen atoms in total. The number of anilines is 1. The van der Waals surface area contributed by atoms with Crippen LogP contribution in [0.1, 0.15) is 11.4 Å². The Labute approximate surface area is 157 Å². The summed E-state index contributed by atoms with van der Waals surface area (Å²) in [6.45, 7) is 0. The number of rotatable bonds is 6. The zero-order chi connectivity index (χ0) is 18.5. The monoisotopic (exact) mass is 356 g/mol. The average Bonchev–Trinajstić information content (AvgIpc) is 3.14. The van der Waals surface area contributed by atoms with Gasteiger partial charge >= 0.3 is 0 Å². The van der Waals surface area contributed by atoms with Crippen LogP contribution < -0.4 is 10.2 Å². The number of ether oxygens (including phenoxy) is 1. The fraction of sp³-hybridized carbons (Fsp3) is 0.0909. The topological polar surface area (TPSA) is 62.3 Å². The van der Waals surface area contributed by atoms with E-state index in [1.807, 2.05) is 78.9 Å². The third-order valence-electron chi connectivity index (χ3n) is 4.29. The van der Waals surface area contributed by atoms with Gasteiger partial charge in [-0.2, -0.15) is 5.10 Å². The lowest BCUT2D eigenvalue weighted by Crippen LogP contribution is -2.09. The average molecular weight is 356 g/mol. The van der Waals surface area contributed by atoms with Crippen molar-refractivity contribution >= 4 is 22.4 Å². The molecule has 0 atom stereocenters. The molecular weight excluding hydrogens is 336 g/mol. The number of hydrazone groups is 1. The van der Waals surface area contributed by atoms with Crippen molar-refractivity contribution in [1.82, 2.24) is 9.97 Å². The molecule has 4 aromatic rings. The second-order valence-electron chi connectivity index (χ2n) is 6.14. The summed E-state index contributed by atoms with van der Waals surface area (Å²) in [5.41, 5.74) is 7.96. The molecule has 2 N–H and O–H groups in total. The lowest BCUT2D eigenvalue weighted by Gasteiger charge is -2.08. The number of aromatic nitrogens is 2. The number of para-hydroxylation sites is 3. The highest BCUT2D eigenvalue weighted by atomic mass is 16.5. The predicted octanol–water partition coefficient (Wildman–Crippen LogP) is 4.63. The Bertz CT molecular complexity index is 1020. The summed E-state index contributed by atoms with van der Waals surface area (Å²) in [7, 11) is 1.66. The van der Waals surface area contributed by atoms with Crippen LogP contribution in [0.15, 0.2) is 84.0 Å². The van der Waals surface area contributed by atoms with Gasteiger partial charge in [-0.3, -0.25) is 5.43 Å². The molecule has 0 fully saturated rings. The summed E-state index contributed by atoms with van der Waals surface area (Å²) in [4.78, 5) is 8.05. The summed E-state index contributed by atoms with van der Waals surface area (Å²) in [6.07, 6.45) is 0.584. The third-order valence-corrected chi connectivity index (χ3v) is 4.29. The van der Waals surface area contributed by atoms with Crippen LogP contribution >= 0.6 is 0 Å². The normalized spacial score (nSPS) is 11.5. The highest BCUT2D eigenvalue weighted by Gasteiger charge is 2.10. The minimum atomic E-state index is 0.584. The first-order valence-corrected chi connectivity index (χ1v) is 8.77. The maximum atomic E-state index is 5.26. The number of nitrogens with one attached hydrogen (secondary N) is 2. The molecule has 0 aliphatic rings. The van der Waals surface area contributed by atoms with Crippen molar-refractivity contribution in [2.75, 3.05) is 12.5 Å². The first-order chi connectivity index (χ1) is 13.3. The fourth-order valence-corrected chi connectivity index (χ4v) is 2.88. The Morgan fingerprint density at radius 3 is 2.44 bits per heavy atom. The molecule has 0 saturated heterocycles. The highest BCUT2D eigenvalue weighted by molar-refractivity contribution is 6.02. The van der Waals surface area contributed by atoms with Gasteiger partial charge in [0, 0.05) is 0 Å². The van der Waals surface area contributed by atoms with Gasteiger partial charge in [-0.15, -0.1) is 0 Å². The number of benzene rings is 3. The van der Waals surface area contributed by atoms with E-state index < -0.39 is 0 Å². The smallest absolute Gasteiger partial charge is 0.118 e. The predicted molar refractivity (Wildman–Crippen MR) is 109 cm³/mol. The number of nitrogens with zero attached hydrogens (tertiary/aromatic N) is 2. The second kappa shape index (κ2) is 7.74. The van der Waals surface area contributed by atoms with Gasteiger partial charge in [0.1, 0.15) is 11.6 Å². The van der Waals surface area contributed by atoms with E-state index in [-0.39, 0.29) is 0 Å². The fourth-order valence-electron chi connectivity index (χ4n) is 2.88. The lowest BCUT2D eigenvalue weighted by atomic mass is 10.1. The molecular formula is C22H20N4O. The molecule has 134 valence electrons. The van der Waals surface area contributed by atoms with Crippen molar-refractivity contribution in [3.8, 4) is 5.75 Å². The van der Waals surface area contributed by atoms with Gasteiger partial charge in [0.2, 0.25) is 0 Å². The van der Waals surface area contributed by atoms with E-state index in [1.165, 1.54) is 0 Å². The Hall–Kier alpha value is -3.60. The van der Waals surface area contributed by atoms with Crippen LogP contribution in [0.25, 0.3) is 11.0 Å². The maximum absolute atomic E-state index is 5.26. The van der Waals surface area contributed by atoms with Crippen LogP contribution in [0, 0.1) is 0 Å². The molecule has 0 bridgehead atoms. The Morgan fingerprint density at radius 2 is 1.70 bits per heavy atom. The van der Waals surface area contributed by atoms with E-state index in [0.717, 1.165) is 39.6 Å². The number of methoxy groups -OCH3 is 1. The molecule has 1 heterocycles. The third kappa shape index (κ3) is 3.98. The number of imidazole rings is 1. The maximum Gasteiger partial charge on any atom is 0.118 e. The number of hydrogen-bond acceptors (Lipinski definition) is 4. The first-order valence-electron chi connectivity index (χ1n) is 8.77. The standard InChI is InChI=1S/C22H20N4O/c1-27-18-13-11-16(12-14-18)21(26-25-17-7-3-2-4-8-17)15-22-23-19-9-5-6-10-20(19)24-22/h2-14,25H,15H2,1H3,(H,23,24)/b26-21+. The molecule has 4 rings (SSSR count). The van der Waals surface area contributed by atoms with E-state index in [2.05, 4.69) is 20.5 Å². The summed E-state index contributed by atoms with van der Waals surface area (Å²) in [6, 6.07) is 25.8. The number of aromatic amines is 1. The Morgan fingerprint density at radius 1 is 0.963 bits per heavy atom. The lowest BCUT2D eigenvalue weighted by molar-refractivity contribution is 0.415. The van der Waals surface area contributed by atoms with Crippen molar-refractivity contribution in [3.05, 3.63) is 90.3 Å². The molecule has 1 aromatic heterocycles. The van der Waals surface area contributed by atoms with Gasteiger partial charge in [0.25, 0.3) is 0 Å².